The van der Waals surface area contributed by atoms with Crippen molar-refractivity contribution in [2.45, 2.75) is 26.8 Å². The van der Waals surface area contributed by atoms with Crippen LogP contribution in [0.1, 0.15) is 36.2 Å². The van der Waals surface area contributed by atoms with Gasteiger partial charge in [-0.1, -0.05) is 49.7 Å². The van der Waals surface area contributed by atoms with Crippen molar-refractivity contribution in [2.75, 3.05) is 31.5 Å². The fraction of sp³-hybridized carbons (Fsp3) is 0.381. The molecular weight excluding hydrogens is 346 g/mol. The molecule has 2 rings (SSSR count). The summed E-state index contributed by atoms with van der Waals surface area (Å²) in [6, 6.07) is 14.9. The molecule has 0 radical (unpaired) electrons. The molecule has 1 amide bonds. The van der Waals surface area contributed by atoms with Crippen LogP contribution in [0.2, 0.25) is 5.02 Å². The lowest BCUT2D eigenvalue weighted by Crippen LogP contribution is -2.27. The number of nitrogens with one attached hydrogen (secondary N) is 2. The Kier molecular flexibility index (Phi) is 8.62. The number of hydrogen-bond acceptors (Lipinski definition) is 3. The number of hydrogen-bond donors (Lipinski definition) is 2. The lowest BCUT2D eigenvalue weighted by molar-refractivity contribution is 0.102. The molecule has 2 aromatic rings. The molecule has 0 aromatic heterocycles. The molecule has 0 saturated heterocycles. The van der Waals surface area contributed by atoms with E-state index in [1.165, 1.54) is 0 Å². The third-order valence-electron chi connectivity index (χ3n) is 4.35. The number of amides is 1. The van der Waals surface area contributed by atoms with E-state index in [0.29, 0.717) is 10.6 Å². The van der Waals surface area contributed by atoms with Gasteiger partial charge in [-0.15, -0.1) is 0 Å². The van der Waals surface area contributed by atoms with Crippen molar-refractivity contribution in [3.63, 3.8) is 0 Å². The number of nitrogens with zero attached hydrogens (tertiary/aromatic N) is 1. The van der Waals surface area contributed by atoms with Crippen LogP contribution in [-0.2, 0) is 6.54 Å². The van der Waals surface area contributed by atoms with E-state index in [-0.39, 0.29) is 5.91 Å². The second kappa shape index (κ2) is 11.0. The summed E-state index contributed by atoms with van der Waals surface area (Å²) >= 11 is 6.08. The van der Waals surface area contributed by atoms with Gasteiger partial charge in [0.25, 0.3) is 5.91 Å². The molecule has 2 aromatic carbocycles. The normalized spacial score (nSPS) is 10.9. The molecule has 4 nitrogen and oxygen atoms in total. The standard InChI is InChI=1S/C21H28ClN3O/c1-3-25(4-2)14-8-13-23-16-17-9-7-10-18(15-17)24-21(26)19-11-5-6-12-20(19)22/h5-7,9-12,15,23H,3-4,8,13-14,16H2,1-2H3,(H,24,26). The molecule has 0 spiro atoms. The van der Waals surface area contributed by atoms with Crippen LogP contribution in [0.4, 0.5) is 5.69 Å². The minimum absolute atomic E-state index is 0.195. The van der Waals surface area contributed by atoms with Crippen LogP contribution in [0.3, 0.4) is 0 Å². The molecule has 0 saturated carbocycles. The van der Waals surface area contributed by atoms with E-state index in [2.05, 4.69) is 35.4 Å². The molecule has 0 heterocycles. The van der Waals surface area contributed by atoms with E-state index in [4.69, 9.17) is 11.6 Å². The van der Waals surface area contributed by atoms with Crippen LogP contribution in [-0.4, -0.2) is 37.0 Å². The van der Waals surface area contributed by atoms with E-state index >= 15 is 0 Å². The van der Waals surface area contributed by atoms with Crippen LogP contribution >= 0.6 is 11.6 Å². The highest BCUT2D eigenvalue weighted by Gasteiger charge is 2.09. The van der Waals surface area contributed by atoms with Crippen LogP contribution in [0, 0.1) is 0 Å². The molecule has 0 aliphatic rings. The van der Waals surface area contributed by atoms with Crippen LogP contribution < -0.4 is 10.6 Å². The second-order valence-corrected chi connectivity index (χ2v) is 6.60. The molecule has 0 unspecified atom stereocenters. The van der Waals surface area contributed by atoms with Crippen molar-refractivity contribution in [3.05, 3.63) is 64.7 Å². The van der Waals surface area contributed by atoms with Gasteiger partial charge in [0, 0.05) is 12.2 Å². The highest BCUT2D eigenvalue weighted by Crippen LogP contribution is 2.18. The van der Waals surface area contributed by atoms with E-state index in [9.17, 15) is 4.79 Å². The Labute approximate surface area is 161 Å². The largest absolute Gasteiger partial charge is 0.322 e. The molecule has 0 aliphatic carbocycles. The Bertz CT molecular complexity index is 701. The maximum Gasteiger partial charge on any atom is 0.257 e. The van der Waals surface area contributed by atoms with Gasteiger partial charge in [0.2, 0.25) is 0 Å². The smallest absolute Gasteiger partial charge is 0.257 e. The number of carbonyl (C=O) groups excluding carboxylic acids is 1. The average molecular weight is 374 g/mol. The van der Waals surface area contributed by atoms with Crippen LogP contribution in [0.5, 0.6) is 0 Å². The minimum atomic E-state index is -0.195. The van der Waals surface area contributed by atoms with E-state index in [1.54, 1.807) is 18.2 Å². The van der Waals surface area contributed by atoms with Crippen molar-refractivity contribution >= 4 is 23.2 Å². The van der Waals surface area contributed by atoms with Gasteiger partial charge in [-0.3, -0.25) is 4.79 Å². The van der Waals surface area contributed by atoms with Crippen molar-refractivity contribution in [1.82, 2.24) is 10.2 Å². The monoisotopic (exact) mass is 373 g/mol. The molecule has 2 N–H and O–H groups in total. The van der Waals surface area contributed by atoms with Crippen molar-refractivity contribution in [3.8, 4) is 0 Å². The molecular formula is C21H28ClN3O. The number of benzene rings is 2. The third-order valence-corrected chi connectivity index (χ3v) is 4.68. The Morgan fingerprint density at radius 2 is 1.85 bits per heavy atom. The summed E-state index contributed by atoms with van der Waals surface area (Å²) in [5.74, 6) is -0.195. The van der Waals surface area contributed by atoms with Gasteiger partial charge in [-0.2, -0.15) is 0 Å². The molecule has 140 valence electrons. The zero-order chi connectivity index (χ0) is 18.8. The lowest BCUT2D eigenvalue weighted by Gasteiger charge is -2.17. The number of carbonyl (C=O) groups is 1. The first-order chi connectivity index (χ1) is 12.6. The zero-order valence-corrected chi connectivity index (χ0v) is 16.4. The van der Waals surface area contributed by atoms with E-state index in [1.807, 2.05) is 24.3 Å². The maximum absolute atomic E-state index is 12.4. The Balaban J connectivity index is 1.82. The van der Waals surface area contributed by atoms with E-state index in [0.717, 1.165) is 50.4 Å². The van der Waals surface area contributed by atoms with Gasteiger partial charge in [-0.05, 0) is 62.4 Å². The van der Waals surface area contributed by atoms with Gasteiger partial charge in [0.15, 0.2) is 0 Å². The summed E-state index contributed by atoms with van der Waals surface area (Å²) in [5.41, 5.74) is 2.40. The van der Waals surface area contributed by atoms with Crippen LogP contribution in [0.25, 0.3) is 0 Å². The molecule has 5 heteroatoms. The van der Waals surface area contributed by atoms with Gasteiger partial charge < -0.3 is 15.5 Å². The summed E-state index contributed by atoms with van der Waals surface area (Å²) in [6.45, 7) is 9.47. The molecule has 26 heavy (non-hydrogen) atoms. The van der Waals surface area contributed by atoms with Gasteiger partial charge in [0.05, 0.1) is 10.6 Å². The van der Waals surface area contributed by atoms with Crippen molar-refractivity contribution in [1.29, 1.82) is 0 Å². The van der Waals surface area contributed by atoms with Gasteiger partial charge in [0.1, 0.15) is 0 Å². The second-order valence-electron chi connectivity index (χ2n) is 6.19. The van der Waals surface area contributed by atoms with Crippen molar-refractivity contribution in [2.24, 2.45) is 0 Å². The fourth-order valence-corrected chi connectivity index (χ4v) is 3.02. The summed E-state index contributed by atoms with van der Waals surface area (Å²) in [5, 5.41) is 6.83. The summed E-state index contributed by atoms with van der Waals surface area (Å²) < 4.78 is 0. The number of halogens is 1. The average Bonchev–Trinajstić information content (AvgIpc) is 2.65. The molecule has 0 atom stereocenters. The number of anilines is 1. The lowest BCUT2D eigenvalue weighted by atomic mass is 10.1. The zero-order valence-electron chi connectivity index (χ0n) is 15.6. The summed E-state index contributed by atoms with van der Waals surface area (Å²) in [6.07, 6.45) is 1.13. The van der Waals surface area contributed by atoms with Gasteiger partial charge >= 0.3 is 0 Å². The molecule has 0 bridgehead atoms. The number of rotatable bonds is 10. The van der Waals surface area contributed by atoms with Gasteiger partial charge in [-0.25, -0.2) is 0 Å². The first-order valence-electron chi connectivity index (χ1n) is 9.22. The maximum atomic E-state index is 12.4. The van der Waals surface area contributed by atoms with E-state index < -0.39 is 0 Å². The highest BCUT2D eigenvalue weighted by atomic mass is 35.5. The Morgan fingerprint density at radius 3 is 2.58 bits per heavy atom. The predicted octanol–water partition coefficient (Wildman–Crippen LogP) is 4.41. The van der Waals surface area contributed by atoms with Crippen molar-refractivity contribution < 1.29 is 4.79 Å². The highest BCUT2D eigenvalue weighted by molar-refractivity contribution is 6.34. The minimum Gasteiger partial charge on any atom is -0.322 e. The fourth-order valence-electron chi connectivity index (χ4n) is 2.80. The summed E-state index contributed by atoms with van der Waals surface area (Å²) in [7, 11) is 0. The summed E-state index contributed by atoms with van der Waals surface area (Å²) in [4.78, 5) is 14.8. The molecule has 0 aliphatic heterocycles. The third kappa shape index (κ3) is 6.45. The Hall–Kier alpha value is -1.88. The topological polar surface area (TPSA) is 44.4 Å². The first-order valence-corrected chi connectivity index (χ1v) is 9.59. The SMILES string of the molecule is CCN(CC)CCCNCc1cccc(NC(=O)c2ccccc2Cl)c1. The first kappa shape index (κ1) is 20.4. The van der Waals surface area contributed by atoms with Crippen LogP contribution in [0.15, 0.2) is 48.5 Å². The predicted molar refractivity (Wildman–Crippen MR) is 110 cm³/mol. The Morgan fingerprint density at radius 1 is 1.08 bits per heavy atom. The quantitative estimate of drug-likeness (QED) is 0.606. The molecule has 0 fully saturated rings.